The Kier molecular flexibility index (Phi) is 3.85. The molecule has 0 bridgehead atoms. The lowest BCUT2D eigenvalue weighted by Crippen LogP contribution is -2.27. The molecule has 4 rings (SSSR count). The maximum atomic E-state index is 13.0. The lowest BCUT2D eigenvalue weighted by atomic mass is 10.0. The van der Waals surface area contributed by atoms with E-state index in [0.29, 0.717) is 30.2 Å². The summed E-state index contributed by atoms with van der Waals surface area (Å²) < 4.78 is 49.6. The number of nitrogens with zero attached hydrogens (tertiary/aromatic N) is 1. The van der Waals surface area contributed by atoms with Crippen LogP contribution in [0.4, 0.5) is 13.2 Å². The molecule has 0 spiro atoms. The van der Waals surface area contributed by atoms with Crippen molar-refractivity contribution >= 4 is 0 Å². The maximum absolute atomic E-state index is 13.0. The van der Waals surface area contributed by atoms with Crippen molar-refractivity contribution in [2.24, 2.45) is 5.73 Å². The molecule has 2 aliphatic heterocycles. The molecule has 0 saturated carbocycles. The highest BCUT2D eigenvalue weighted by Gasteiger charge is 2.35. The van der Waals surface area contributed by atoms with E-state index in [2.05, 4.69) is 4.90 Å². The van der Waals surface area contributed by atoms with Gasteiger partial charge in [0, 0.05) is 25.7 Å². The Balaban J connectivity index is 1.59. The van der Waals surface area contributed by atoms with Crippen molar-refractivity contribution in [3.63, 3.8) is 0 Å². The molecule has 7 heteroatoms. The number of hydrogen-bond acceptors (Lipinski definition) is 4. The maximum Gasteiger partial charge on any atom is 0.416 e. The van der Waals surface area contributed by atoms with Gasteiger partial charge in [-0.15, -0.1) is 0 Å². The van der Waals surface area contributed by atoms with Crippen molar-refractivity contribution in [3.05, 3.63) is 58.7 Å². The van der Waals surface area contributed by atoms with E-state index in [9.17, 15) is 13.2 Å². The minimum Gasteiger partial charge on any atom is -0.454 e. The molecule has 1 atom stereocenters. The van der Waals surface area contributed by atoms with Crippen LogP contribution in [-0.4, -0.2) is 18.2 Å². The summed E-state index contributed by atoms with van der Waals surface area (Å²) in [7, 11) is 0. The van der Waals surface area contributed by atoms with Crippen molar-refractivity contribution in [1.82, 2.24) is 4.90 Å². The quantitative estimate of drug-likeness (QED) is 0.921. The standard InChI is InChI=1S/C18H17F3N2O2/c19-18(20,21)13-3-2-12-9-23(15(7-22)14(12)6-13)8-11-1-4-16-17(5-11)25-10-24-16/h1-6,15H,7-10,22H2. The van der Waals surface area contributed by atoms with Gasteiger partial charge in [0.25, 0.3) is 0 Å². The number of ether oxygens (including phenoxy) is 2. The van der Waals surface area contributed by atoms with Gasteiger partial charge in [-0.1, -0.05) is 12.1 Å². The van der Waals surface area contributed by atoms with Gasteiger partial charge in [-0.05, 0) is 41.0 Å². The lowest BCUT2D eigenvalue weighted by molar-refractivity contribution is -0.137. The van der Waals surface area contributed by atoms with E-state index in [1.165, 1.54) is 6.07 Å². The van der Waals surface area contributed by atoms with Crippen LogP contribution in [-0.2, 0) is 19.3 Å². The number of benzene rings is 2. The Morgan fingerprint density at radius 3 is 2.64 bits per heavy atom. The average Bonchev–Trinajstić information content (AvgIpc) is 3.16. The second-order valence-corrected chi connectivity index (χ2v) is 6.26. The Bertz CT molecular complexity index is 807. The van der Waals surface area contributed by atoms with Gasteiger partial charge < -0.3 is 15.2 Å². The van der Waals surface area contributed by atoms with Gasteiger partial charge in [-0.3, -0.25) is 4.90 Å². The normalized spacial score (nSPS) is 19.3. The second kappa shape index (κ2) is 5.93. The van der Waals surface area contributed by atoms with E-state index in [1.54, 1.807) is 6.07 Å². The third kappa shape index (κ3) is 2.94. The van der Waals surface area contributed by atoms with E-state index in [4.69, 9.17) is 15.2 Å². The fraction of sp³-hybridized carbons (Fsp3) is 0.333. The van der Waals surface area contributed by atoms with Gasteiger partial charge in [0.1, 0.15) is 0 Å². The molecule has 0 radical (unpaired) electrons. The van der Waals surface area contributed by atoms with Gasteiger partial charge in [0.2, 0.25) is 6.79 Å². The van der Waals surface area contributed by atoms with Crippen molar-refractivity contribution in [1.29, 1.82) is 0 Å². The first-order chi connectivity index (χ1) is 12.0. The average molecular weight is 350 g/mol. The predicted octanol–water partition coefficient (Wildman–Crippen LogP) is 3.45. The zero-order chi connectivity index (χ0) is 17.6. The van der Waals surface area contributed by atoms with Crippen LogP contribution in [0.2, 0.25) is 0 Å². The number of halogens is 3. The predicted molar refractivity (Wildman–Crippen MR) is 85.1 cm³/mol. The number of rotatable bonds is 3. The van der Waals surface area contributed by atoms with Crippen molar-refractivity contribution in [2.75, 3.05) is 13.3 Å². The Labute approximate surface area is 142 Å². The monoisotopic (exact) mass is 350 g/mol. The van der Waals surface area contributed by atoms with Gasteiger partial charge in [-0.25, -0.2) is 0 Å². The molecule has 2 aliphatic rings. The van der Waals surface area contributed by atoms with Crippen molar-refractivity contribution < 1.29 is 22.6 Å². The zero-order valence-corrected chi connectivity index (χ0v) is 13.3. The van der Waals surface area contributed by atoms with Crippen LogP contribution in [0.3, 0.4) is 0 Å². The Morgan fingerprint density at radius 2 is 1.88 bits per heavy atom. The number of hydrogen-bond donors (Lipinski definition) is 1. The summed E-state index contributed by atoms with van der Waals surface area (Å²) in [4.78, 5) is 2.09. The molecule has 2 N–H and O–H groups in total. The highest BCUT2D eigenvalue weighted by atomic mass is 19.4. The van der Waals surface area contributed by atoms with E-state index >= 15 is 0 Å². The molecule has 4 nitrogen and oxygen atoms in total. The minimum atomic E-state index is -4.35. The summed E-state index contributed by atoms with van der Waals surface area (Å²) >= 11 is 0. The third-order valence-corrected chi connectivity index (χ3v) is 4.69. The van der Waals surface area contributed by atoms with Crippen LogP contribution in [0.5, 0.6) is 11.5 Å². The summed E-state index contributed by atoms with van der Waals surface area (Å²) in [5, 5.41) is 0. The Morgan fingerprint density at radius 1 is 1.08 bits per heavy atom. The molecule has 2 heterocycles. The van der Waals surface area contributed by atoms with Crippen LogP contribution in [0.25, 0.3) is 0 Å². The zero-order valence-electron chi connectivity index (χ0n) is 13.3. The minimum absolute atomic E-state index is 0.208. The summed E-state index contributed by atoms with van der Waals surface area (Å²) in [5.74, 6) is 1.40. The van der Waals surface area contributed by atoms with E-state index in [1.807, 2.05) is 18.2 Å². The molecule has 2 aromatic carbocycles. The van der Waals surface area contributed by atoms with Crippen LogP contribution in [0.15, 0.2) is 36.4 Å². The largest absolute Gasteiger partial charge is 0.454 e. The molecule has 0 aliphatic carbocycles. The highest BCUT2D eigenvalue weighted by molar-refractivity contribution is 5.45. The SMILES string of the molecule is NCC1c2cc(C(F)(F)F)ccc2CN1Cc1ccc2c(c1)OCO2. The molecule has 0 saturated heterocycles. The first-order valence-electron chi connectivity index (χ1n) is 7.98. The fourth-order valence-corrected chi connectivity index (χ4v) is 3.47. The highest BCUT2D eigenvalue weighted by Crippen LogP contribution is 2.39. The Hall–Kier alpha value is -2.25. The lowest BCUT2D eigenvalue weighted by Gasteiger charge is -2.24. The fourth-order valence-electron chi connectivity index (χ4n) is 3.47. The van der Waals surface area contributed by atoms with Crippen LogP contribution < -0.4 is 15.2 Å². The molecular formula is C18H17F3N2O2. The molecule has 132 valence electrons. The molecule has 0 fully saturated rings. The van der Waals surface area contributed by atoms with Crippen molar-refractivity contribution in [2.45, 2.75) is 25.3 Å². The van der Waals surface area contributed by atoms with Crippen LogP contribution in [0.1, 0.15) is 28.3 Å². The molecular weight excluding hydrogens is 333 g/mol. The van der Waals surface area contributed by atoms with Crippen LogP contribution in [0, 0.1) is 0 Å². The van der Waals surface area contributed by atoms with E-state index in [-0.39, 0.29) is 19.4 Å². The van der Waals surface area contributed by atoms with Crippen molar-refractivity contribution in [3.8, 4) is 11.5 Å². The van der Waals surface area contributed by atoms with Gasteiger partial charge >= 0.3 is 6.18 Å². The van der Waals surface area contributed by atoms with Gasteiger partial charge in [0.15, 0.2) is 11.5 Å². The number of nitrogens with two attached hydrogens (primary N) is 1. The smallest absolute Gasteiger partial charge is 0.416 e. The number of fused-ring (bicyclic) bond motifs is 2. The first kappa shape index (κ1) is 16.2. The molecule has 0 aromatic heterocycles. The second-order valence-electron chi connectivity index (χ2n) is 6.26. The molecule has 0 amide bonds. The molecule has 2 aromatic rings. The summed E-state index contributed by atoms with van der Waals surface area (Å²) in [6.45, 7) is 1.62. The topological polar surface area (TPSA) is 47.7 Å². The first-order valence-corrected chi connectivity index (χ1v) is 7.98. The third-order valence-electron chi connectivity index (χ3n) is 4.69. The number of alkyl halides is 3. The summed E-state index contributed by atoms with van der Waals surface area (Å²) in [5.41, 5.74) is 7.81. The summed E-state index contributed by atoms with van der Waals surface area (Å²) in [6.07, 6.45) is -4.35. The summed E-state index contributed by atoms with van der Waals surface area (Å²) in [6, 6.07) is 9.37. The van der Waals surface area contributed by atoms with E-state index in [0.717, 1.165) is 17.2 Å². The van der Waals surface area contributed by atoms with E-state index < -0.39 is 11.7 Å². The van der Waals surface area contributed by atoms with Gasteiger partial charge in [0.05, 0.1) is 5.56 Å². The molecule has 25 heavy (non-hydrogen) atoms. The van der Waals surface area contributed by atoms with Gasteiger partial charge in [-0.2, -0.15) is 13.2 Å². The van der Waals surface area contributed by atoms with Crippen LogP contribution >= 0.6 is 0 Å². The molecule has 1 unspecified atom stereocenters.